The summed E-state index contributed by atoms with van der Waals surface area (Å²) in [5.41, 5.74) is 2.96. The average Bonchev–Trinajstić information content (AvgIpc) is 3.14. The lowest BCUT2D eigenvalue weighted by Gasteiger charge is -2.19. The Morgan fingerprint density at radius 2 is 1.96 bits per heavy atom. The van der Waals surface area contributed by atoms with Gasteiger partial charge in [-0.05, 0) is 55.2 Å². The van der Waals surface area contributed by atoms with Gasteiger partial charge in [0.25, 0.3) is 0 Å². The number of nitrogens with one attached hydrogen (secondary N) is 3. The number of carbonyl (C=O) groups is 2. The van der Waals surface area contributed by atoms with E-state index in [2.05, 4.69) is 48.9 Å². The van der Waals surface area contributed by atoms with Crippen LogP contribution in [0.1, 0.15) is 12.0 Å². The highest BCUT2D eigenvalue weighted by atomic mass is 79.9. The van der Waals surface area contributed by atoms with E-state index in [4.69, 9.17) is 0 Å². The maximum Gasteiger partial charge on any atom is 0.319 e. The third-order valence-electron chi connectivity index (χ3n) is 4.73. The molecule has 1 aliphatic rings. The summed E-state index contributed by atoms with van der Waals surface area (Å²) < 4.78 is 1.07. The third-order valence-corrected chi connectivity index (χ3v) is 5.23. The second-order valence-corrected chi connectivity index (χ2v) is 7.98. The van der Waals surface area contributed by atoms with Gasteiger partial charge in [0.1, 0.15) is 0 Å². The van der Waals surface area contributed by atoms with Crippen LogP contribution in [0.2, 0.25) is 0 Å². The van der Waals surface area contributed by atoms with Crippen LogP contribution in [-0.4, -0.2) is 38.1 Å². The Balaban J connectivity index is 1.36. The molecule has 1 atom stereocenters. The molecule has 2 aromatic rings. The predicted molar refractivity (Wildman–Crippen MR) is 116 cm³/mol. The summed E-state index contributed by atoms with van der Waals surface area (Å²) >= 11 is 3.50. The van der Waals surface area contributed by atoms with Crippen LogP contribution in [0.25, 0.3) is 0 Å². The highest BCUT2D eigenvalue weighted by Crippen LogP contribution is 2.25. The van der Waals surface area contributed by atoms with E-state index in [0.29, 0.717) is 18.2 Å². The van der Waals surface area contributed by atoms with Crippen LogP contribution in [0.15, 0.2) is 53.0 Å². The Kier molecular flexibility index (Phi) is 6.92. The second-order valence-electron chi connectivity index (χ2n) is 7.06. The van der Waals surface area contributed by atoms with Crippen molar-refractivity contribution < 1.29 is 9.59 Å². The van der Waals surface area contributed by atoms with E-state index in [-0.39, 0.29) is 18.5 Å². The summed E-state index contributed by atoms with van der Waals surface area (Å²) in [6.45, 7) is 4.42. The molecule has 3 rings (SSSR count). The molecule has 1 saturated heterocycles. The number of hydrogen-bond donors (Lipinski definition) is 3. The predicted octanol–water partition coefficient (Wildman–Crippen LogP) is 3.52. The summed E-state index contributed by atoms with van der Waals surface area (Å²) in [4.78, 5) is 26.3. The third kappa shape index (κ3) is 5.99. The molecule has 1 unspecified atom stereocenters. The molecular formula is C21H25BrN4O2. The Hall–Kier alpha value is -2.54. The molecule has 0 spiro atoms. The van der Waals surface area contributed by atoms with Gasteiger partial charge in [-0.25, -0.2) is 4.79 Å². The molecule has 6 nitrogen and oxygen atoms in total. The van der Waals surface area contributed by atoms with Crippen LogP contribution in [0.3, 0.4) is 0 Å². The van der Waals surface area contributed by atoms with Gasteiger partial charge in [0, 0.05) is 35.5 Å². The lowest BCUT2D eigenvalue weighted by Crippen LogP contribution is -2.40. The first-order valence-corrected chi connectivity index (χ1v) is 10.2. The van der Waals surface area contributed by atoms with Crippen molar-refractivity contribution in [2.75, 3.05) is 36.4 Å². The number of aryl methyl sites for hydroxylation is 1. The fourth-order valence-corrected chi connectivity index (χ4v) is 3.67. The van der Waals surface area contributed by atoms with Crippen molar-refractivity contribution in [1.29, 1.82) is 0 Å². The van der Waals surface area contributed by atoms with Crippen LogP contribution in [0, 0.1) is 12.8 Å². The Morgan fingerprint density at radius 3 is 2.75 bits per heavy atom. The van der Waals surface area contributed by atoms with Gasteiger partial charge in [0.15, 0.2) is 0 Å². The smallest absolute Gasteiger partial charge is 0.319 e. The van der Waals surface area contributed by atoms with Gasteiger partial charge in [-0.2, -0.15) is 0 Å². The van der Waals surface area contributed by atoms with Crippen LogP contribution < -0.4 is 20.9 Å². The van der Waals surface area contributed by atoms with E-state index in [0.717, 1.165) is 29.5 Å². The highest BCUT2D eigenvalue weighted by Gasteiger charge is 2.23. The standard InChI is InChI=1S/C21H25BrN4O2/c1-15-4-2-6-18(10-15)25-21(28)24-13-20(27)23-12-16-8-9-26(14-16)19-7-3-5-17(22)11-19/h2-7,10-11,16H,8-9,12-14H2,1H3,(H,23,27)(H2,24,25,28). The van der Waals surface area contributed by atoms with Crippen molar-refractivity contribution in [1.82, 2.24) is 10.6 Å². The first-order chi connectivity index (χ1) is 13.5. The number of urea groups is 1. The molecule has 1 aliphatic heterocycles. The molecule has 0 aliphatic carbocycles. The number of halogens is 1. The van der Waals surface area contributed by atoms with Crippen LogP contribution in [-0.2, 0) is 4.79 Å². The lowest BCUT2D eigenvalue weighted by atomic mass is 10.1. The second kappa shape index (κ2) is 9.59. The first-order valence-electron chi connectivity index (χ1n) is 9.38. The van der Waals surface area contributed by atoms with Crippen LogP contribution in [0.4, 0.5) is 16.2 Å². The number of carbonyl (C=O) groups excluding carboxylic acids is 2. The maximum absolute atomic E-state index is 12.0. The Morgan fingerprint density at radius 1 is 1.14 bits per heavy atom. The average molecular weight is 445 g/mol. The van der Waals surface area contributed by atoms with E-state index in [1.165, 1.54) is 5.69 Å². The van der Waals surface area contributed by atoms with Crippen molar-refractivity contribution in [3.8, 4) is 0 Å². The van der Waals surface area contributed by atoms with Gasteiger partial charge in [-0.1, -0.05) is 34.1 Å². The van der Waals surface area contributed by atoms with Crippen molar-refractivity contribution in [3.05, 3.63) is 58.6 Å². The van der Waals surface area contributed by atoms with E-state index < -0.39 is 0 Å². The van der Waals surface area contributed by atoms with E-state index in [1.54, 1.807) is 0 Å². The van der Waals surface area contributed by atoms with Crippen LogP contribution in [0.5, 0.6) is 0 Å². The number of amides is 3. The molecule has 1 heterocycles. The minimum Gasteiger partial charge on any atom is -0.371 e. The molecule has 0 aromatic heterocycles. The molecule has 148 valence electrons. The molecule has 2 aromatic carbocycles. The van der Waals surface area contributed by atoms with Crippen LogP contribution >= 0.6 is 15.9 Å². The quantitative estimate of drug-likeness (QED) is 0.637. The molecule has 0 bridgehead atoms. The molecule has 1 fully saturated rings. The molecule has 0 saturated carbocycles. The summed E-state index contributed by atoms with van der Waals surface area (Å²) in [6.07, 6.45) is 1.04. The fourth-order valence-electron chi connectivity index (χ4n) is 3.29. The number of benzene rings is 2. The highest BCUT2D eigenvalue weighted by molar-refractivity contribution is 9.10. The fraction of sp³-hybridized carbons (Fsp3) is 0.333. The molecule has 7 heteroatoms. The summed E-state index contributed by atoms with van der Waals surface area (Å²) in [5.74, 6) is 0.226. The zero-order valence-electron chi connectivity index (χ0n) is 15.9. The molecule has 3 N–H and O–H groups in total. The van der Waals surface area contributed by atoms with Crippen molar-refractivity contribution in [3.63, 3.8) is 0 Å². The minimum atomic E-state index is -0.387. The van der Waals surface area contributed by atoms with Gasteiger partial charge < -0.3 is 20.9 Å². The minimum absolute atomic E-state index is 0.0419. The Labute approximate surface area is 173 Å². The zero-order valence-corrected chi connectivity index (χ0v) is 17.5. The largest absolute Gasteiger partial charge is 0.371 e. The first kappa shape index (κ1) is 20.2. The zero-order chi connectivity index (χ0) is 19.9. The maximum atomic E-state index is 12.0. The molecular weight excluding hydrogens is 420 g/mol. The van der Waals surface area contributed by atoms with Crippen molar-refractivity contribution in [2.24, 2.45) is 5.92 Å². The molecule has 0 radical (unpaired) electrons. The number of hydrogen-bond acceptors (Lipinski definition) is 3. The summed E-state index contributed by atoms with van der Waals surface area (Å²) in [6, 6.07) is 15.4. The number of nitrogens with zero attached hydrogens (tertiary/aromatic N) is 1. The number of rotatable bonds is 6. The van der Waals surface area contributed by atoms with Gasteiger partial charge in [-0.15, -0.1) is 0 Å². The molecule has 28 heavy (non-hydrogen) atoms. The summed E-state index contributed by atoms with van der Waals surface area (Å²) in [5, 5.41) is 8.23. The monoisotopic (exact) mass is 444 g/mol. The van der Waals surface area contributed by atoms with Crippen molar-refractivity contribution >= 4 is 39.2 Å². The van der Waals surface area contributed by atoms with E-state index in [1.807, 2.05) is 43.3 Å². The van der Waals surface area contributed by atoms with E-state index in [9.17, 15) is 9.59 Å². The lowest BCUT2D eigenvalue weighted by molar-refractivity contribution is -0.120. The van der Waals surface area contributed by atoms with Crippen molar-refractivity contribution in [2.45, 2.75) is 13.3 Å². The number of anilines is 2. The Bertz CT molecular complexity index is 843. The SMILES string of the molecule is Cc1cccc(NC(=O)NCC(=O)NCC2CCN(c3cccc(Br)c3)C2)c1. The summed E-state index contributed by atoms with van der Waals surface area (Å²) in [7, 11) is 0. The van der Waals surface area contributed by atoms with Gasteiger partial charge >= 0.3 is 6.03 Å². The topological polar surface area (TPSA) is 73.5 Å². The van der Waals surface area contributed by atoms with Gasteiger partial charge in [-0.3, -0.25) is 4.79 Å². The molecule has 3 amide bonds. The normalized spacial score (nSPS) is 15.9. The van der Waals surface area contributed by atoms with E-state index >= 15 is 0 Å². The van der Waals surface area contributed by atoms with Gasteiger partial charge in [0.05, 0.1) is 6.54 Å². The van der Waals surface area contributed by atoms with Gasteiger partial charge in [0.2, 0.25) is 5.91 Å².